The van der Waals surface area contributed by atoms with Crippen molar-refractivity contribution in [2.45, 2.75) is 17.5 Å². The van der Waals surface area contributed by atoms with Crippen molar-refractivity contribution in [2.75, 3.05) is 4.90 Å². The van der Waals surface area contributed by atoms with E-state index in [2.05, 4.69) is 4.98 Å². The summed E-state index contributed by atoms with van der Waals surface area (Å²) < 4.78 is 0. The van der Waals surface area contributed by atoms with Crippen molar-refractivity contribution >= 4 is 35.0 Å². The third kappa shape index (κ3) is 2.41. The molecule has 1 saturated heterocycles. The first-order valence-corrected chi connectivity index (χ1v) is 7.63. The molecule has 3 nitrogen and oxygen atoms in total. The zero-order valence-electron chi connectivity index (χ0n) is 10.9. The predicted molar refractivity (Wildman–Crippen MR) is 83.0 cm³/mol. The number of amides is 1. The van der Waals surface area contributed by atoms with Gasteiger partial charge in [0.1, 0.15) is 5.37 Å². The predicted octanol–water partition coefficient (Wildman–Crippen LogP) is 3.90. The van der Waals surface area contributed by atoms with Crippen molar-refractivity contribution in [1.29, 1.82) is 0 Å². The van der Waals surface area contributed by atoms with E-state index in [1.54, 1.807) is 30.1 Å². The molecule has 0 unspecified atom stereocenters. The Balaban J connectivity index is 2.01. The number of nitrogens with zero attached hydrogens (tertiary/aromatic N) is 2. The topological polar surface area (TPSA) is 33.2 Å². The smallest absolute Gasteiger partial charge is 0.241 e. The number of carbonyl (C=O) groups excluding carboxylic acids is 1. The van der Waals surface area contributed by atoms with E-state index in [4.69, 9.17) is 11.6 Å². The number of halogens is 1. The molecule has 0 spiro atoms. The van der Waals surface area contributed by atoms with Gasteiger partial charge >= 0.3 is 0 Å². The summed E-state index contributed by atoms with van der Waals surface area (Å²) in [5.41, 5.74) is 1.90. The molecule has 102 valence electrons. The second-order valence-corrected chi connectivity index (χ2v) is 6.46. The molecule has 1 aliphatic rings. The van der Waals surface area contributed by atoms with Crippen LogP contribution in [0.4, 0.5) is 5.69 Å². The largest absolute Gasteiger partial charge is 0.295 e. The lowest BCUT2D eigenvalue weighted by molar-refractivity contribution is -0.117. The minimum absolute atomic E-state index is 0.0348. The highest BCUT2D eigenvalue weighted by molar-refractivity contribution is 8.01. The lowest BCUT2D eigenvalue weighted by atomic mass is 10.2. The quantitative estimate of drug-likeness (QED) is 0.843. The Morgan fingerprint density at radius 2 is 2.00 bits per heavy atom. The lowest BCUT2D eigenvalue weighted by Crippen LogP contribution is -2.30. The van der Waals surface area contributed by atoms with Crippen LogP contribution >= 0.6 is 23.4 Å². The molecule has 1 aromatic heterocycles. The number of aromatic nitrogens is 1. The summed E-state index contributed by atoms with van der Waals surface area (Å²) in [4.78, 5) is 18.4. The Morgan fingerprint density at radius 1 is 1.25 bits per heavy atom. The lowest BCUT2D eigenvalue weighted by Gasteiger charge is -2.24. The Bertz CT molecular complexity index is 618. The molecule has 0 N–H and O–H groups in total. The van der Waals surface area contributed by atoms with Crippen molar-refractivity contribution in [3.63, 3.8) is 0 Å². The Hall–Kier alpha value is -1.52. The van der Waals surface area contributed by atoms with Gasteiger partial charge in [-0.2, -0.15) is 0 Å². The van der Waals surface area contributed by atoms with Gasteiger partial charge in [-0.05, 0) is 37.3 Å². The highest BCUT2D eigenvalue weighted by Gasteiger charge is 2.39. The Kier molecular flexibility index (Phi) is 3.68. The van der Waals surface area contributed by atoms with E-state index in [0.29, 0.717) is 5.02 Å². The number of hydrogen-bond acceptors (Lipinski definition) is 3. The van der Waals surface area contributed by atoms with E-state index in [-0.39, 0.29) is 16.5 Å². The number of thioether (sulfide) groups is 1. The van der Waals surface area contributed by atoms with E-state index in [9.17, 15) is 4.79 Å². The van der Waals surface area contributed by atoms with Crippen LogP contribution in [0.15, 0.2) is 48.8 Å². The normalized spacial score (nSPS) is 22.3. The average molecular weight is 305 g/mol. The van der Waals surface area contributed by atoms with Crippen LogP contribution in [0.5, 0.6) is 0 Å². The van der Waals surface area contributed by atoms with Crippen LogP contribution in [0.25, 0.3) is 0 Å². The van der Waals surface area contributed by atoms with Gasteiger partial charge in [-0.15, -0.1) is 11.8 Å². The molecule has 3 rings (SSSR count). The number of benzene rings is 1. The maximum Gasteiger partial charge on any atom is 0.241 e. The van der Waals surface area contributed by atoms with E-state index < -0.39 is 0 Å². The molecule has 2 atom stereocenters. The number of carbonyl (C=O) groups is 1. The van der Waals surface area contributed by atoms with Gasteiger partial charge in [0, 0.05) is 28.7 Å². The van der Waals surface area contributed by atoms with Crippen molar-refractivity contribution in [3.05, 3.63) is 59.4 Å². The number of rotatable bonds is 2. The zero-order valence-corrected chi connectivity index (χ0v) is 12.4. The molecule has 0 aliphatic carbocycles. The highest BCUT2D eigenvalue weighted by Crippen LogP contribution is 2.45. The maximum absolute atomic E-state index is 12.4. The fourth-order valence-corrected chi connectivity index (χ4v) is 3.62. The maximum atomic E-state index is 12.4. The molecule has 1 amide bonds. The fraction of sp³-hybridized carbons (Fsp3) is 0.200. The summed E-state index contributed by atoms with van der Waals surface area (Å²) in [5.74, 6) is 0.117. The van der Waals surface area contributed by atoms with Gasteiger partial charge in [0.15, 0.2) is 0 Å². The van der Waals surface area contributed by atoms with Crippen LogP contribution in [0.3, 0.4) is 0 Å². The van der Waals surface area contributed by atoms with E-state index in [0.717, 1.165) is 11.3 Å². The average Bonchev–Trinajstić information content (AvgIpc) is 2.77. The molecule has 20 heavy (non-hydrogen) atoms. The van der Waals surface area contributed by atoms with Crippen LogP contribution < -0.4 is 4.90 Å². The van der Waals surface area contributed by atoms with Gasteiger partial charge in [-0.3, -0.25) is 14.7 Å². The van der Waals surface area contributed by atoms with Crippen LogP contribution in [-0.2, 0) is 4.79 Å². The molecule has 1 fully saturated rings. The summed E-state index contributed by atoms with van der Waals surface area (Å²) >= 11 is 7.56. The summed E-state index contributed by atoms with van der Waals surface area (Å²) in [6, 6.07) is 11.3. The minimum Gasteiger partial charge on any atom is -0.295 e. The Labute approximate surface area is 127 Å². The summed E-state index contributed by atoms with van der Waals surface area (Å²) in [5, 5.41) is 0.572. The second-order valence-electron chi connectivity index (χ2n) is 4.60. The van der Waals surface area contributed by atoms with Gasteiger partial charge in [0.05, 0.1) is 5.25 Å². The third-order valence-corrected chi connectivity index (χ3v) is 4.83. The molecular weight excluding hydrogens is 292 g/mol. The van der Waals surface area contributed by atoms with Gasteiger partial charge < -0.3 is 0 Å². The number of hydrogen-bond donors (Lipinski definition) is 0. The van der Waals surface area contributed by atoms with Crippen LogP contribution in [0.1, 0.15) is 17.9 Å². The molecular formula is C15H13ClN2OS. The Morgan fingerprint density at radius 3 is 2.65 bits per heavy atom. The van der Waals surface area contributed by atoms with Crippen molar-refractivity contribution < 1.29 is 4.79 Å². The van der Waals surface area contributed by atoms with Gasteiger partial charge in [0.25, 0.3) is 0 Å². The molecule has 0 saturated carbocycles. The molecule has 1 aliphatic heterocycles. The highest BCUT2D eigenvalue weighted by atomic mass is 35.5. The van der Waals surface area contributed by atoms with Crippen molar-refractivity contribution in [1.82, 2.24) is 4.98 Å². The summed E-state index contributed by atoms with van der Waals surface area (Å²) in [6.45, 7) is 1.94. The first-order valence-electron chi connectivity index (χ1n) is 6.31. The van der Waals surface area contributed by atoms with Crippen LogP contribution in [-0.4, -0.2) is 16.1 Å². The molecule has 0 bridgehead atoms. The van der Waals surface area contributed by atoms with Crippen molar-refractivity contribution in [2.24, 2.45) is 0 Å². The molecule has 0 radical (unpaired) electrons. The van der Waals surface area contributed by atoms with E-state index in [1.165, 1.54) is 0 Å². The first kappa shape index (κ1) is 13.5. The molecule has 2 aromatic rings. The summed E-state index contributed by atoms with van der Waals surface area (Å²) in [6.07, 6.45) is 3.55. The number of pyridine rings is 1. The zero-order chi connectivity index (χ0) is 14.1. The SMILES string of the molecule is C[C@H]1S[C@@H](c2cccnc2)N(c2ccc(Cl)cc2)C1=O. The third-order valence-electron chi connectivity index (χ3n) is 3.23. The van der Waals surface area contributed by atoms with Gasteiger partial charge in [0.2, 0.25) is 5.91 Å². The second kappa shape index (κ2) is 5.46. The van der Waals surface area contributed by atoms with Crippen LogP contribution in [0.2, 0.25) is 5.02 Å². The van der Waals surface area contributed by atoms with Gasteiger partial charge in [-0.1, -0.05) is 17.7 Å². The number of anilines is 1. The van der Waals surface area contributed by atoms with Crippen LogP contribution in [0, 0.1) is 0 Å². The van der Waals surface area contributed by atoms with Crippen molar-refractivity contribution in [3.8, 4) is 0 Å². The monoisotopic (exact) mass is 304 g/mol. The fourth-order valence-electron chi connectivity index (χ4n) is 2.24. The van der Waals surface area contributed by atoms with Gasteiger partial charge in [-0.25, -0.2) is 0 Å². The minimum atomic E-state index is -0.0594. The standard InChI is InChI=1S/C15H13ClN2OS/c1-10-14(19)18(13-6-4-12(16)5-7-13)15(20-10)11-3-2-8-17-9-11/h2-10,15H,1H3/t10-,15+/m1/s1. The summed E-state index contributed by atoms with van der Waals surface area (Å²) in [7, 11) is 0. The molecule has 2 heterocycles. The first-order chi connectivity index (χ1) is 9.66. The molecule has 5 heteroatoms. The van der Waals surface area contributed by atoms with E-state index in [1.807, 2.05) is 42.3 Å². The van der Waals surface area contributed by atoms with E-state index >= 15 is 0 Å². The molecule has 1 aromatic carbocycles.